The van der Waals surface area contributed by atoms with Gasteiger partial charge in [0.2, 0.25) is 0 Å². The van der Waals surface area contributed by atoms with Crippen LogP contribution < -0.4 is 0 Å². The predicted octanol–water partition coefficient (Wildman–Crippen LogP) is 12.1. The Morgan fingerprint density at radius 3 is 1.62 bits per heavy atom. The third kappa shape index (κ3) is 4.01. The summed E-state index contributed by atoms with van der Waals surface area (Å²) in [6.45, 7) is 0. The molecule has 0 saturated heterocycles. The SMILES string of the molecule is c1ccc(-c2ccc(-c3nc(-c4ccccc4)nc(-c4ccc5sc6c(cc7c8ccccc8n8c9ccccc9c6c78)c5c4)n3)cc2)cc1. The van der Waals surface area contributed by atoms with Crippen molar-refractivity contribution in [3.8, 4) is 45.3 Å². The third-order valence-corrected chi connectivity index (χ3v) is 11.2. The molecule has 232 valence electrons. The summed E-state index contributed by atoms with van der Waals surface area (Å²) in [6, 6.07) is 55.8. The van der Waals surface area contributed by atoms with E-state index in [0.717, 1.165) is 22.3 Å². The van der Waals surface area contributed by atoms with Crippen molar-refractivity contribution in [3.63, 3.8) is 0 Å². The second kappa shape index (κ2) is 10.5. The molecule has 4 aromatic heterocycles. The molecule has 0 radical (unpaired) electrons. The lowest BCUT2D eigenvalue weighted by Gasteiger charge is -2.09. The smallest absolute Gasteiger partial charge is 0.164 e. The van der Waals surface area contributed by atoms with Crippen LogP contribution in [0, 0.1) is 0 Å². The number of rotatable bonds is 4. The highest BCUT2D eigenvalue weighted by Gasteiger charge is 2.22. The van der Waals surface area contributed by atoms with E-state index in [9.17, 15) is 0 Å². The summed E-state index contributed by atoms with van der Waals surface area (Å²) >= 11 is 1.87. The average Bonchev–Trinajstić information content (AvgIpc) is 3.85. The molecule has 11 rings (SSSR count). The number of thiophene rings is 1. The van der Waals surface area contributed by atoms with E-state index >= 15 is 0 Å². The molecular formula is C45H26N4S. The Balaban J connectivity index is 1.13. The molecule has 7 aromatic carbocycles. The van der Waals surface area contributed by atoms with Gasteiger partial charge in [0.05, 0.1) is 16.6 Å². The van der Waals surface area contributed by atoms with Gasteiger partial charge in [-0.1, -0.05) is 121 Å². The van der Waals surface area contributed by atoms with E-state index in [2.05, 4.69) is 138 Å². The van der Waals surface area contributed by atoms with E-state index in [0.29, 0.717) is 17.5 Å². The molecule has 0 spiro atoms. The monoisotopic (exact) mass is 654 g/mol. The third-order valence-electron chi connectivity index (χ3n) is 9.98. The zero-order valence-electron chi connectivity index (χ0n) is 26.7. The number of para-hydroxylation sites is 2. The van der Waals surface area contributed by atoms with E-state index in [4.69, 9.17) is 15.0 Å². The predicted molar refractivity (Wildman–Crippen MR) is 209 cm³/mol. The minimum atomic E-state index is 0.656. The fourth-order valence-corrected chi connectivity index (χ4v) is 8.89. The van der Waals surface area contributed by atoms with Crippen molar-refractivity contribution < 1.29 is 0 Å². The lowest BCUT2D eigenvalue weighted by atomic mass is 10.0. The first-order valence-electron chi connectivity index (χ1n) is 16.8. The van der Waals surface area contributed by atoms with Gasteiger partial charge in [0.1, 0.15) is 0 Å². The molecule has 0 amide bonds. The van der Waals surface area contributed by atoms with Gasteiger partial charge < -0.3 is 4.40 Å². The van der Waals surface area contributed by atoms with Crippen LogP contribution in [0.15, 0.2) is 158 Å². The highest BCUT2D eigenvalue weighted by Crippen LogP contribution is 2.48. The quantitative estimate of drug-likeness (QED) is 0.190. The number of benzene rings is 7. The topological polar surface area (TPSA) is 43.1 Å². The van der Waals surface area contributed by atoms with Gasteiger partial charge in [0, 0.05) is 58.4 Å². The number of aromatic nitrogens is 4. The average molecular weight is 655 g/mol. The van der Waals surface area contributed by atoms with Crippen molar-refractivity contribution in [1.82, 2.24) is 19.4 Å². The summed E-state index contributed by atoms with van der Waals surface area (Å²) in [5.74, 6) is 1.98. The Labute approximate surface area is 290 Å². The highest BCUT2D eigenvalue weighted by molar-refractivity contribution is 7.26. The molecule has 0 aliphatic heterocycles. The number of nitrogens with zero attached hydrogens (tertiary/aromatic N) is 4. The van der Waals surface area contributed by atoms with Crippen LogP contribution in [0.5, 0.6) is 0 Å². The summed E-state index contributed by atoms with van der Waals surface area (Å²) < 4.78 is 5.02. The Morgan fingerprint density at radius 1 is 0.380 bits per heavy atom. The van der Waals surface area contributed by atoms with Crippen LogP contribution >= 0.6 is 11.3 Å². The summed E-state index contributed by atoms with van der Waals surface area (Å²) in [4.78, 5) is 15.2. The van der Waals surface area contributed by atoms with Crippen molar-refractivity contribution >= 4 is 69.6 Å². The van der Waals surface area contributed by atoms with E-state index in [1.165, 1.54) is 63.8 Å². The number of hydrogen-bond donors (Lipinski definition) is 0. The highest BCUT2D eigenvalue weighted by atomic mass is 32.1. The van der Waals surface area contributed by atoms with Crippen molar-refractivity contribution in [2.24, 2.45) is 0 Å². The lowest BCUT2D eigenvalue weighted by Crippen LogP contribution is -2.00. The normalized spacial score (nSPS) is 12.0. The first-order chi connectivity index (χ1) is 24.8. The minimum absolute atomic E-state index is 0.656. The van der Waals surface area contributed by atoms with Crippen molar-refractivity contribution in [2.75, 3.05) is 0 Å². The van der Waals surface area contributed by atoms with Crippen LogP contribution in [0.2, 0.25) is 0 Å². The van der Waals surface area contributed by atoms with Crippen LogP contribution in [-0.2, 0) is 0 Å². The number of fused-ring (bicyclic) bond motifs is 10. The Morgan fingerprint density at radius 2 is 0.900 bits per heavy atom. The van der Waals surface area contributed by atoms with Gasteiger partial charge in [-0.25, -0.2) is 15.0 Å². The molecule has 5 heteroatoms. The van der Waals surface area contributed by atoms with E-state index in [-0.39, 0.29) is 0 Å². The maximum Gasteiger partial charge on any atom is 0.164 e. The molecule has 0 aliphatic carbocycles. The van der Waals surface area contributed by atoms with E-state index in [1.807, 2.05) is 35.6 Å². The van der Waals surface area contributed by atoms with Crippen LogP contribution in [0.25, 0.3) is 104 Å². The Kier molecular flexibility index (Phi) is 5.80. The Hall–Kier alpha value is -6.43. The maximum atomic E-state index is 5.11. The molecule has 4 nitrogen and oxygen atoms in total. The molecule has 0 unspecified atom stereocenters. The van der Waals surface area contributed by atoms with Gasteiger partial charge in [-0.15, -0.1) is 11.3 Å². The molecule has 0 fully saturated rings. The van der Waals surface area contributed by atoms with Gasteiger partial charge >= 0.3 is 0 Å². The van der Waals surface area contributed by atoms with Crippen LogP contribution in [0.3, 0.4) is 0 Å². The van der Waals surface area contributed by atoms with Gasteiger partial charge in [-0.05, 0) is 47.5 Å². The van der Waals surface area contributed by atoms with Gasteiger partial charge in [0.15, 0.2) is 17.5 Å². The van der Waals surface area contributed by atoms with Gasteiger partial charge in [-0.3, -0.25) is 0 Å². The molecule has 0 aliphatic rings. The maximum absolute atomic E-state index is 5.11. The second-order valence-corrected chi connectivity index (χ2v) is 13.9. The molecule has 0 saturated carbocycles. The first-order valence-corrected chi connectivity index (χ1v) is 17.6. The second-order valence-electron chi connectivity index (χ2n) is 12.8. The molecular weight excluding hydrogens is 629 g/mol. The molecule has 0 bridgehead atoms. The summed E-state index contributed by atoms with van der Waals surface area (Å²) in [7, 11) is 0. The zero-order valence-corrected chi connectivity index (χ0v) is 27.5. The summed E-state index contributed by atoms with van der Waals surface area (Å²) in [6.07, 6.45) is 0. The molecule has 0 atom stereocenters. The van der Waals surface area contributed by atoms with E-state index in [1.54, 1.807) is 0 Å². The largest absolute Gasteiger partial charge is 0.308 e. The molecule has 50 heavy (non-hydrogen) atoms. The van der Waals surface area contributed by atoms with Crippen molar-refractivity contribution in [2.45, 2.75) is 0 Å². The van der Waals surface area contributed by atoms with Crippen molar-refractivity contribution in [1.29, 1.82) is 0 Å². The van der Waals surface area contributed by atoms with Crippen LogP contribution in [0.4, 0.5) is 0 Å². The lowest BCUT2D eigenvalue weighted by molar-refractivity contribution is 1.07. The molecule has 0 N–H and O–H groups in total. The zero-order chi connectivity index (χ0) is 32.8. The molecule has 11 aromatic rings. The van der Waals surface area contributed by atoms with Gasteiger partial charge in [-0.2, -0.15) is 0 Å². The standard InChI is InChI=1S/C45H26N4S/c1-3-11-27(12-4-1)28-19-21-30(22-20-28)44-46-43(29-13-5-2-6-14-29)47-45(48-44)31-23-24-39-34(25-31)36-26-35-32-15-7-9-17-37(32)49-38-18-10-8-16-33(38)40(41(35)49)42(36)50-39/h1-26H. The number of hydrogen-bond acceptors (Lipinski definition) is 4. The fourth-order valence-electron chi connectivity index (χ4n) is 7.67. The van der Waals surface area contributed by atoms with Crippen LogP contribution in [0.1, 0.15) is 0 Å². The summed E-state index contributed by atoms with van der Waals surface area (Å²) in [5, 5.41) is 7.68. The minimum Gasteiger partial charge on any atom is -0.308 e. The first kappa shape index (κ1) is 27.5. The van der Waals surface area contributed by atoms with E-state index < -0.39 is 0 Å². The summed E-state index contributed by atoms with van der Waals surface area (Å²) in [5.41, 5.74) is 9.03. The fraction of sp³-hybridized carbons (Fsp3) is 0. The molecule has 4 heterocycles. The Bertz CT molecular complexity index is 3070. The van der Waals surface area contributed by atoms with Crippen molar-refractivity contribution in [3.05, 3.63) is 158 Å². The van der Waals surface area contributed by atoms with Crippen LogP contribution in [-0.4, -0.2) is 19.4 Å². The van der Waals surface area contributed by atoms with Gasteiger partial charge in [0.25, 0.3) is 0 Å².